The van der Waals surface area contributed by atoms with Gasteiger partial charge in [0.25, 0.3) is 0 Å². The van der Waals surface area contributed by atoms with E-state index in [1.807, 2.05) is 0 Å². The minimum absolute atomic E-state index is 1.03. The minimum atomic E-state index is -1.65. The summed E-state index contributed by atoms with van der Waals surface area (Å²) in [5.41, 5.74) is 0. The summed E-state index contributed by atoms with van der Waals surface area (Å²) in [6, 6.07) is 0. The number of aliphatic hydroxyl groups excluding tert-OH is 4. The molecule has 0 aromatic rings. The lowest BCUT2D eigenvalue weighted by molar-refractivity contribution is -0.283. The molecule has 5 atom stereocenters. The van der Waals surface area contributed by atoms with E-state index in [4.69, 9.17) is 20.4 Å². The second-order valence-corrected chi connectivity index (χ2v) is 2.69. The molecule has 1 aliphatic heterocycles. The average molecular weight is 182 g/mol. The molecule has 12 heavy (non-hydrogen) atoms. The molecule has 0 spiro atoms. The predicted octanol–water partition coefficient (Wildman–Crippen LogP) is -2.24. The van der Waals surface area contributed by atoms with Gasteiger partial charge in [-0.2, -0.15) is 0 Å². The highest BCUT2D eigenvalue weighted by Crippen LogP contribution is 2.19. The first-order valence-corrected chi connectivity index (χ1v) is 3.51. The van der Waals surface area contributed by atoms with Crippen LogP contribution in [0.3, 0.4) is 0 Å². The fourth-order valence-electron chi connectivity index (χ4n) is 1.06. The fourth-order valence-corrected chi connectivity index (χ4v) is 1.06. The van der Waals surface area contributed by atoms with Crippen molar-refractivity contribution in [1.29, 1.82) is 0 Å². The summed E-state index contributed by atoms with van der Waals surface area (Å²) < 4.78 is 16.5. The quantitative estimate of drug-likeness (QED) is 0.368. The van der Waals surface area contributed by atoms with Crippen LogP contribution in [0.2, 0.25) is 0 Å². The Labute approximate surface area is 68.0 Å². The summed E-state index contributed by atoms with van der Waals surface area (Å²) in [5.74, 6) is 0. The zero-order valence-corrected chi connectivity index (χ0v) is 6.17. The lowest BCUT2D eigenvalue weighted by Crippen LogP contribution is -2.58. The molecule has 0 bridgehead atoms. The molecular formula is C6H11FO5. The minimum Gasteiger partial charge on any atom is -0.387 e. The van der Waals surface area contributed by atoms with E-state index in [-0.39, 0.29) is 0 Å². The number of hydrogen-bond donors (Lipinski definition) is 4. The Bertz CT molecular complexity index is 150. The van der Waals surface area contributed by atoms with Crippen LogP contribution in [0, 0.1) is 0 Å². The Morgan fingerprint density at radius 2 is 1.58 bits per heavy atom. The standard InChI is InChI=1S/C6H11FO5/c7-1-2-3(8)4(9)5(10)6(11)12-2/h2-6,8-11H,1H2/t2-,3-,4+,5+,6-/m1/s1. The number of ether oxygens (including phenoxy) is 1. The van der Waals surface area contributed by atoms with Crippen molar-refractivity contribution in [2.45, 2.75) is 30.7 Å². The number of rotatable bonds is 1. The van der Waals surface area contributed by atoms with Gasteiger partial charge >= 0.3 is 0 Å². The van der Waals surface area contributed by atoms with Crippen LogP contribution in [-0.4, -0.2) is 57.8 Å². The third-order valence-corrected chi connectivity index (χ3v) is 1.84. The number of aliphatic hydroxyl groups is 4. The lowest BCUT2D eigenvalue weighted by Gasteiger charge is -2.37. The molecule has 0 unspecified atom stereocenters. The van der Waals surface area contributed by atoms with Crippen LogP contribution in [0.15, 0.2) is 0 Å². The molecule has 1 heterocycles. The Hall–Kier alpha value is -0.270. The Kier molecular flexibility index (Phi) is 2.97. The van der Waals surface area contributed by atoms with Crippen LogP contribution in [0.1, 0.15) is 0 Å². The normalized spacial score (nSPS) is 49.2. The topological polar surface area (TPSA) is 90.2 Å². The third-order valence-electron chi connectivity index (χ3n) is 1.84. The van der Waals surface area contributed by atoms with Gasteiger partial charge in [-0.3, -0.25) is 0 Å². The maximum Gasteiger partial charge on any atom is 0.184 e. The van der Waals surface area contributed by atoms with Gasteiger partial charge in [-0.15, -0.1) is 0 Å². The van der Waals surface area contributed by atoms with Crippen LogP contribution in [0.5, 0.6) is 0 Å². The van der Waals surface area contributed by atoms with E-state index in [0.717, 1.165) is 0 Å². The number of hydrogen-bond acceptors (Lipinski definition) is 5. The van der Waals surface area contributed by atoms with Gasteiger partial charge in [-0.25, -0.2) is 4.39 Å². The first-order chi connectivity index (χ1) is 5.57. The Morgan fingerprint density at radius 1 is 1.00 bits per heavy atom. The lowest BCUT2D eigenvalue weighted by atomic mass is 10.00. The van der Waals surface area contributed by atoms with E-state index >= 15 is 0 Å². The van der Waals surface area contributed by atoms with Crippen molar-refractivity contribution in [2.24, 2.45) is 0 Å². The van der Waals surface area contributed by atoms with Crippen LogP contribution in [-0.2, 0) is 4.74 Å². The van der Waals surface area contributed by atoms with Crippen molar-refractivity contribution in [3.8, 4) is 0 Å². The van der Waals surface area contributed by atoms with Gasteiger partial charge in [0.1, 0.15) is 31.1 Å². The molecule has 4 N–H and O–H groups in total. The van der Waals surface area contributed by atoms with Gasteiger partial charge in [-0.05, 0) is 0 Å². The van der Waals surface area contributed by atoms with Crippen molar-refractivity contribution in [3.05, 3.63) is 0 Å². The van der Waals surface area contributed by atoms with Crippen molar-refractivity contribution >= 4 is 0 Å². The number of alkyl halides is 1. The van der Waals surface area contributed by atoms with E-state index in [2.05, 4.69) is 4.74 Å². The second-order valence-electron chi connectivity index (χ2n) is 2.69. The monoisotopic (exact) mass is 182 g/mol. The van der Waals surface area contributed by atoms with Crippen LogP contribution < -0.4 is 0 Å². The van der Waals surface area contributed by atoms with Crippen molar-refractivity contribution in [3.63, 3.8) is 0 Å². The summed E-state index contributed by atoms with van der Waals surface area (Å²) in [4.78, 5) is 0. The highest BCUT2D eigenvalue weighted by atomic mass is 19.1. The van der Waals surface area contributed by atoms with Crippen molar-refractivity contribution in [1.82, 2.24) is 0 Å². The van der Waals surface area contributed by atoms with Crippen molar-refractivity contribution < 1.29 is 29.6 Å². The average Bonchev–Trinajstić information content (AvgIpc) is 2.08. The van der Waals surface area contributed by atoms with Gasteiger partial charge in [0.2, 0.25) is 0 Å². The summed E-state index contributed by atoms with van der Waals surface area (Å²) in [6.07, 6.45) is -7.60. The summed E-state index contributed by atoms with van der Waals surface area (Å²) >= 11 is 0. The molecule has 0 amide bonds. The van der Waals surface area contributed by atoms with Crippen molar-refractivity contribution in [2.75, 3.05) is 6.67 Å². The molecule has 1 aliphatic rings. The molecule has 0 aliphatic carbocycles. The fraction of sp³-hybridized carbons (Fsp3) is 1.00. The van der Waals surface area contributed by atoms with Crippen LogP contribution >= 0.6 is 0 Å². The zero-order valence-electron chi connectivity index (χ0n) is 6.17. The van der Waals surface area contributed by atoms with Gasteiger partial charge in [0.05, 0.1) is 0 Å². The van der Waals surface area contributed by atoms with Gasteiger partial charge < -0.3 is 25.2 Å². The van der Waals surface area contributed by atoms with E-state index < -0.39 is 37.4 Å². The zero-order chi connectivity index (χ0) is 9.30. The highest BCUT2D eigenvalue weighted by Gasteiger charge is 2.42. The first-order valence-electron chi connectivity index (χ1n) is 3.51. The van der Waals surface area contributed by atoms with Crippen LogP contribution in [0.4, 0.5) is 4.39 Å². The SMILES string of the molecule is O[C@@H]1[C@H](O)[C@H](O)O[C@H](CF)[C@H]1O. The summed E-state index contributed by atoms with van der Waals surface area (Å²) in [6.45, 7) is -1.03. The number of halogens is 1. The van der Waals surface area contributed by atoms with E-state index in [0.29, 0.717) is 0 Å². The molecule has 1 rings (SSSR count). The Morgan fingerprint density at radius 3 is 2.08 bits per heavy atom. The van der Waals surface area contributed by atoms with Gasteiger partial charge in [0, 0.05) is 0 Å². The summed E-state index contributed by atoms with van der Waals surface area (Å²) in [5, 5.41) is 35.8. The second kappa shape index (κ2) is 3.63. The molecule has 6 heteroatoms. The largest absolute Gasteiger partial charge is 0.387 e. The van der Waals surface area contributed by atoms with E-state index in [9.17, 15) is 4.39 Å². The maximum atomic E-state index is 12.0. The molecule has 5 nitrogen and oxygen atoms in total. The molecular weight excluding hydrogens is 171 g/mol. The molecule has 0 radical (unpaired) electrons. The highest BCUT2D eigenvalue weighted by molar-refractivity contribution is 4.88. The molecule has 0 aromatic carbocycles. The van der Waals surface area contributed by atoms with E-state index in [1.54, 1.807) is 0 Å². The van der Waals surface area contributed by atoms with Gasteiger partial charge in [-0.1, -0.05) is 0 Å². The molecule has 0 saturated carbocycles. The maximum absolute atomic E-state index is 12.0. The molecule has 72 valence electrons. The third kappa shape index (κ3) is 1.57. The molecule has 1 saturated heterocycles. The summed E-state index contributed by atoms with van der Waals surface area (Å²) in [7, 11) is 0. The Balaban J connectivity index is 2.63. The van der Waals surface area contributed by atoms with Crippen LogP contribution in [0.25, 0.3) is 0 Å². The molecule has 1 fully saturated rings. The van der Waals surface area contributed by atoms with Gasteiger partial charge in [0.15, 0.2) is 6.29 Å². The first kappa shape index (κ1) is 9.82. The van der Waals surface area contributed by atoms with E-state index in [1.165, 1.54) is 0 Å². The smallest absolute Gasteiger partial charge is 0.184 e. The predicted molar refractivity (Wildman–Crippen MR) is 34.9 cm³/mol. The molecule has 0 aromatic heterocycles.